The van der Waals surface area contributed by atoms with Gasteiger partial charge in [-0.1, -0.05) is 17.5 Å². The summed E-state index contributed by atoms with van der Waals surface area (Å²) in [5, 5.41) is 20.6. The van der Waals surface area contributed by atoms with Crippen LogP contribution in [-0.4, -0.2) is 90.2 Å². The van der Waals surface area contributed by atoms with E-state index in [4.69, 9.17) is 51.5 Å². The molecule has 2 fully saturated rings. The number of alkyl halides is 1. The van der Waals surface area contributed by atoms with Crippen LogP contribution in [0.3, 0.4) is 0 Å². The van der Waals surface area contributed by atoms with Gasteiger partial charge in [0.15, 0.2) is 29.4 Å². The Morgan fingerprint density at radius 2 is 1.71 bits per heavy atom. The van der Waals surface area contributed by atoms with Crippen molar-refractivity contribution < 1.29 is 61.6 Å². The minimum atomic E-state index is -4.95. The summed E-state index contributed by atoms with van der Waals surface area (Å²) in [7, 11) is -4.95. The maximum atomic E-state index is 13.5. The smallest absolute Gasteiger partial charge is 0.432 e. The number of ether oxygens (including phenoxy) is 5. The van der Waals surface area contributed by atoms with Crippen LogP contribution >= 0.6 is 19.4 Å². The van der Waals surface area contributed by atoms with Gasteiger partial charge in [-0.05, 0) is 27.7 Å². The third kappa shape index (κ3) is 5.45. The summed E-state index contributed by atoms with van der Waals surface area (Å²) in [5.41, 5.74) is 0.726. The molecule has 18 nitrogen and oxygen atoms in total. The molecule has 0 amide bonds. The number of halogens is 1. The van der Waals surface area contributed by atoms with Gasteiger partial charge in [0, 0.05) is 0 Å². The molecule has 1 saturated carbocycles. The molecule has 4 rings (SSSR count). The van der Waals surface area contributed by atoms with Crippen molar-refractivity contribution in [3.8, 4) is 12.3 Å². The summed E-state index contributed by atoms with van der Waals surface area (Å²) < 4.78 is 54.5. The van der Waals surface area contributed by atoms with Crippen LogP contribution in [0, 0.1) is 12.3 Å². The molecular formula is C22H27ClN5O13P. The average molecular weight is 636 g/mol. The Labute approximate surface area is 242 Å². The Balaban J connectivity index is 1.54. The molecule has 0 bridgehead atoms. The van der Waals surface area contributed by atoms with Crippen LogP contribution < -0.4 is 5.73 Å². The van der Waals surface area contributed by atoms with E-state index < -0.39 is 74.5 Å². The van der Waals surface area contributed by atoms with Crippen molar-refractivity contribution in [1.82, 2.24) is 19.5 Å². The lowest BCUT2D eigenvalue weighted by molar-refractivity contribution is -0.139. The van der Waals surface area contributed by atoms with Crippen LogP contribution in [0.4, 0.5) is 15.4 Å². The summed E-state index contributed by atoms with van der Waals surface area (Å²) in [6.07, 6.45) is 0.962. The molecule has 0 radical (unpaired) electrons. The third-order valence-electron chi connectivity index (χ3n) is 5.91. The van der Waals surface area contributed by atoms with Crippen molar-refractivity contribution in [2.75, 3.05) is 19.3 Å². The number of nitrogen functional groups attached to an aromatic ring is 1. The second kappa shape index (κ2) is 11.4. The first kappa shape index (κ1) is 31.7. The van der Waals surface area contributed by atoms with Crippen LogP contribution in [0.25, 0.3) is 11.2 Å². The molecule has 20 heteroatoms. The largest absolute Gasteiger partial charge is 0.510 e. The quantitative estimate of drug-likeness (QED) is 0.104. The summed E-state index contributed by atoms with van der Waals surface area (Å²) in [5.74, 6) is 2.05. The second-order valence-corrected chi connectivity index (χ2v) is 11.6. The van der Waals surface area contributed by atoms with Gasteiger partial charge in [-0.25, -0.2) is 38.2 Å². The fraction of sp³-hybridized carbons (Fsp3) is 0.591. The predicted octanol–water partition coefficient (Wildman–Crippen LogP) is 1.55. The van der Waals surface area contributed by atoms with Crippen LogP contribution in [0.15, 0.2) is 12.7 Å². The zero-order valence-electron chi connectivity index (χ0n) is 22.5. The zero-order valence-corrected chi connectivity index (χ0v) is 24.2. The van der Waals surface area contributed by atoms with Gasteiger partial charge in [-0.3, -0.25) is 9.09 Å². The van der Waals surface area contributed by atoms with Crippen molar-refractivity contribution in [1.29, 1.82) is 0 Å². The molecule has 1 saturated heterocycles. The van der Waals surface area contributed by atoms with E-state index in [1.54, 1.807) is 27.7 Å². The lowest BCUT2D eigenvalue weighted by Crippen LogP contribution is -2.50. The molecule has 3 heterocycles. The number of terminal acetylenes is 1. The highest BCUT2D eigenvalue weighted by Gasteiger charge is 2.95. The minimum Gasteiger partial charge on any atom is -0.432 e. The Bertz CT molecular complexity index is 1420. The minimum absolute atomic E-state index is 0.0147. The molecule has 1 aliphatic heterocycles. The van der Waals surface area contributed by atoms with Gasteiger partial charge in [0.05, 0.1) is 18.5 Å². The number of nitrogens with two attached hydrogens (primary N) is 1. The molecule has 2 aromatic rings. The Morgan fingerprint density at radius 3 is 2.24 bits per heavy atom. The van der Waals surface area contributed by atoms with E-state index >= 15 is 0 Å². The molecule has 42 heavy (non-hydrogen) atoms. The lowest BCUT2D eigenvalue weighted by Gasteiger charge is -2.31. The molecule has 0 aromatic carbocycles. The number of anilines is 1. The summed E-state index contributed by atoms with van der Waals surface area (Å²) in [6.45, 7) is 4.10. The monoisotopic (exact) mass is 635 g/mol. The van der Waals surface area contributed by atoms with Gasteiger partial charge in [0.2, 0.25) is 24.2 Å². The van der Waals surface area contributed by atoms with E-state index in [0.717, 1.165) is 10.9 Å². The molecule has 230 valence electrons. The number of phosphoric acid groups is 1. The van der Waals surface area contributed by atoms with E-state index in [9.17, 15) is 24.4 Å². The van der Waals surface area contributed by atoms with Crippen molar-refractivity contribution in [3.05, 3.63) is 12.7 Å². The molecule has 4 N–H and O–H groups in total. The molecular weight excluding hydrogens is 609 g/mol. The average Bonchev–Trinajstić information content (AvgIpc) is 3.16. The molecule has 1 unspecified atom stereocenters. The number of carbonyl (C=O) groups excluding carboxylic acids is 2. The molecule has 5 atom stereocenters. The number of imidazole rings is 1. The van der Waals surface area contributed by atoms with Crippen LogP contribution in [0.2, 0.25) is 0 Å². The fourth-order valence-corrected chi connectivity index (χ4v) is 5.66. The molecule has 2 aliphatic rings. The summed E-state index contributed by atoms with van der Waals surface area (Å²) in [6, 6.07) is 0. The number of hydrogen-bond acceptors (Lipinski definition) is 17. The number of carbonyl (C=O) groups is 2. The number of rotatable bonds is 11. The molecule has 1 aliphatic carbocycles. The molecule has 0 spiro atoms. The van der Waals surface area contributed by atoms with E-state index in [1.807, 2.05) is 5.92 Å². The Morgan fingerprint density at radius 1 is 1.14 bits per heavy atom. The number of nitrogens with zero attached hydrogens (tertiary/aromatic N) is 4. The van der Waals surface area contributed by atoms with Gasteiger partial charge in [-0.15, -0.1) is 6.42 Å². The standard InChI is InChI=1S/C22H27ClN5O13P/c1-6-20(31)17(28-8-27-13-14(24)25-7-26-15(13)28)40-22(23)16(21(20,22)32)41-42(33,36-9-34-18(29)38-11(2)3)37-10-35-19(30)39-12(4)5/h1,7-8,11-12,16-17,31-32H,9-10H2,2-5H3,(H2,24,25,26)/t16?,17-,20+,21+,22-/m1/s1. The SMILES string of the molecule is C#C[C@]1(O)[C@H](n2cnc3c(N)ncnc32)O[C@]2(Cl)C(OP(=O)(OCOC(=O)OC(C)C)OCOC(=O)OC(C)C)[C@@]21O. The Hall–Kier alpha value is -3.27. The maximum Gasteiger partial charge on any atom is 0.510 e. The van der Waals surface area contributed by atoms with Crippen molar-refractivity contribution >= 4 is 48.7 Å². The topological polar surface area (TPSA) is 235 Å². The highest BCUT2D eigenvalue weighted by molar-refractivity contribution is 7.48. The molecule has 2 aromatic heterocycles. The Kier molecular flexibility index (Phi) is 8.62. The highest BCUT2D eigenvalue weighted by Crippen LogP contribution is 2.73. The van der Waals surface area contributed by atoms with E-state index in [-0.39, 0.29) is 17.0 Å². The summed E-state index contributed by atoms with van der Waals surface area (Å²) in [4.78, 5) is 35.3. The van der Waals surface area contributed by atoms with Crippen LogP contribution in [0.1, 0.15) is 33.9 Å². The first-order valence-corrected chi connectivity index (χ1v) is 13.9. The van der Waals surface area contributed by atoms with Gasteiger partial charge >= 0.3 is 20.1 Å². The van der Waals surface area contributed by atoms with Crippen molar-refractivity contribution in [2.24, 2.45) is 0 Å². The van der Waals surface area contributed by atoms with Gasteiger partial charge in [0.25, 0.3) is 0 Å². The highest BCUT2D eigenvalue weighted by atomic mass is 35.5. The first-order valence-electron chi connectivity index (χ1n) is 12.1. The fourth-order valence-electron chi connectivity index (χ4n) is 4.00. The number of phosphoric ester groups is 1. The van der Waals surface area contributed by atoms with Crippen molar-refractivity contribution in [3.63, 3.8) is 0 Å². The van der Waals surface area contributed by atoms with Gasteiger partial charge in [-0.2, -0.15) is 0 Å². The number of aromatic nitrogens is 4. The van der Waals surface area contributed by atoms with Gasteiger partial charge in [0.1, 0.15) is 11.8 Å². The zero-order chi connectivity index (χ0) is 31.1. The van der Waals surface area contributed by atoms with Crippen LogP contribution in [-0.2, 0) is 41.8 Å². The normalized spacial score (nSPS) is 28.4. The number of hydrogen-bond donors (Lipinski definition) is 3. The lowest BCUT2D eigenvalue weighted by atomic mass is 9.93. The van der Waals surface area contributed by atoms with Gasteiger partial charge < -0.3 is 39.6 Å². The summed E-state index contributed by atoms with van der Waals surface area (Å²) >= 11 is 6.51. The van der Waals surface area contributed by atoms with E-state index in [0.29, 0.717) is 0 Å². The number of fused-ring (bicyclic) bond motifs is 2. The van der Waals surface area contributed by atoms with Crippen LogP contribution in [0.5, 0.6) is 0 Å². The first-order chi connectivity index (χ1) is 19.6. The maximum absolute atomic E-state index is 13.5. The van der Waals surface area contributed by atoms with Crippen molar-refractivity contribution in [2.45, 2.75) is 68.5 Å². The van der Waals surface area contributed by atoms with E-state index in [2.05, 4.69) is 24.4 Å². The predicted molar refractivity (Wildman–Crippen MR) is 137 cm³/mol. The third-order valence-corrected chi connectivity index (χ3v) is 7.80. The second-order valence-electron chi connectivity index (χ2n) is 9.42. The number of aliphatic hydroxyl groups is 2. The van der Waals surface area contributed by atoms with E-state index in [1.165, 1.54) is 6.33 Å².